The van der Waals surface area contributed by atoms with Crippen LogP contribution in [0.1, 0.15) is 16.7 Å². The first-order valence-corrected chi connectivity index (χ1v) is 5.91. The van der Waals surface area contributed by atoms with Crippen molar-refractivity contribution >= 4 is 17.0 Å². The Balaban J connectivity index is 1.93. The Morgan fingerprint density at radius 2 is 2.13 bits per heavy atom. The Morgan fingerprint density at radius 1 is 1.27 bits per heavy atom. The summed E-state index contributed by atoms with van der Waals surface area (Å²) in [5, 5.41) is 3.35. The maximum absolute atomic E-state index is 4.06. The topological polar surface area (TPSA) is 24.9 Å². The van der Waals surface area contributed by atoms with Gasteiger partial charge in [0.1, 0.15) is 0 Å². The molecule has 0 unspecified atom stereocenters. The van der Waals surface area contributed by atoms with E-state index in [2.05, 4.69) is 29.4 Å². The number of nitrogens with zero attached hydrogens (tertiary/aromatic N) is 1. The van der Waals surface area contributed by atoms with Crippen molar-refractivity contribution in [1.82, 2.24) is 4.98 Å². The van der Waals surface area contributed by atoms with Crippen molar-refractivity contribution in [3.05, 3.63) is 46.4 Å². The van der Waals surface area contributed by atoms with Gasteiger partial charge in [-0.15, -0.1) is 11.3 Å². The average molecular weight is 218 g/mol. The van der Waals surface area contributed by atoms with Gasteiger partial charge < -0.3 is 5.32 Å². The summed E-state index contributed by atoms with van der Waals surface area (Å²) >= 11 is 1.87. The Morgan fingerprint density at radius 3 is 2.80 bits per heavy atom. The van der Waals surface area contributed by atoms with Gasteiger partial charge in [0.2, 0.25) is 0 Å². The number of hydrogen-bond donors (Lipinski definition) is 1. The molecule has 2 nitrogen and oxygen atoms in total. The van der Waals surface area contributed by atoms with Gasteiger partial charge in [-0.3, -0.25) is 4.98 Å². The van der Waals surface area contributed by atoms with Crippen LogP contribution in [0.4, 0.5) is 5.69 Å². The van der Waals surface area contributed by atoms with Crippen LogP contribution in [0.2, 0.25) is 0 Å². The number of pyridine rings is 1. The third-order valence-electron chi connectivity index (χ3n) is 2.19. The van der Waals surface area contributed by atoms with Crippen LogP contribution >= 0.6 is 11.3 Å². The van der Waals surface area contributed by atoms with Crippen LogP contribution in [0.5, 0.6) is 0 Å². The van der Waals surface area contributed by atoms with Crippen LogP contribution in [0, 0.1) is 0 Å². The standard InChI is InChI=1S/C12H14N2S/c1-2-11-5-6-12(15-11)9-14-10-4-3-7-13-8-10/h3-8,14H,2,9H2,1H3. The number of thiophene rings is 1. The fourth-order valence-corrected chi connectivity index (χ4v) is 2.26. The van der Waals surface area contributed by atoms with Gasteiger partial charge in [-0.2, -0.15) is 0 Å². The first-order chi connectivity index (χ1) is 7.38. The molecule has 0 aromatic carbocycles. The molecule has 78 valence electrons. The minimum absolute atomic E-state index is 0.885. The summed E-state index contributed by atoms with van der Waals surface area (Å²) < 4.78 is 0. The highest BCUT2D eigenvalue weighted by Crippen LogP contribution is 2.18. The fourth-order valence-electron chi connectivity index (χ4n) is 1.36. The van der Waals surface area contributed by atoms with Crippen LogP contribution < -0.4 is 5.32 Å². The molecule has 2 heterocycles. The van der Waals surface area contributed by atoms with Crippen LogP contribution in [-0.4, -0.2) is 4.98 Å². The summed E-state index contributed by atoms with van der Waals surface area (Å²) in [6, 6.07) is 8.35. The van der Waals surface area contributed by atoms with E-state index >= 15 is 0 Å². The third kappa shape index (κ3) is 2.80. The summed E-state index contributed by atoms with van der Waals surface area (Å²) in [6.45, 7) is 3.07. The Kier molecular flexibility index (Phi) is 3.35. The molecule has 2 aromatic rings. The molecular weight excluding hydrogens is 204 g/mol. The van der Waals surface area contributed by atoms with Gasteiger partial charge in [0.05, 0.1) is 5.69 Å². The highest BCUT2D eigenvalue weighted by molar-refractivity contribution is 7.12. The van der Waals surface area contributed by atoms with Gasteiger partial charge in [-0.05, 0) is 30.7 Å². The van der Waals surface area contributed by atoms with Crippen molar-refractivity contribution in [3.8, 4) is 0 Å². The van der Waals surface area contributed by atoms with E-state index in [1.54, 1.807) is 6.20 Å². The lowest BCUT2D eigenvalue weighted by Crippen LogP contribution is -1.96. The molecule has 0 spiro atoms. The van der Waals surface area contributed by atoms with Crippen molar-refractivity contribution in [2.45, 2.75) is 19.9 Å². The van der Waals surface area contributed by atoms with E-state index in [0.29, 0.717) is 0 Å². The summed E-state index contributed by atoms with van der Waals surface area (Å²) in [6.07, 6.45) is 4.75. The van der Waals surface area contributed by atoms with E-state index in [0.717, 1.165) is 18.7 Å². The van der Waals surface area contributed by atoms with Crippen molar-refractivity contribution in [2.75, 3.05) is 5.32 Å². The van der Waals surface area contributed by atoms with Crippen molar-refractivity contribution in [1.29, 1.82) is 0 Å². The van der Waals surface area contributed by atoms with E-state index in [1.165, 1.54) is 9.75 Å². The maximum Gasteiger partial charge on any atom is 0.0529 e. The number of hydrogen-bond acceptors (Lipinski definition) is 3. The Labute approximate surface area is 94.0 Å². The second kappa shape index (κ2) is 4.94. The van der Waals surface area contributed by atoms with Gasteiger partial charge in [-0.25, -0.2) is 0 Å². The lowest BCUT2D eigenvalue weighted by atomic mass is 10.3. The van der Waals surface area contributed by atoms with E-state index in [-0.39, 0.29) is 0 Å². The Hall–Kier alpha value is -1.35. The zero-order chi connectivity index (χ0) is 10.5. The molecule has 0 bridgehead atoms. The number of aryl methyl sites for hydroxylation is 1. The molecule has 0 aliphatic carbocycles. The largest absolute Gasteiger partial charge is 0.379 e. The number of anilines is 1. The summed E-state index contributed by atoms with van der Waals surface area (Å²) in [7, 11) is 0. The molecule has 15 heavy (non-hydrogen) atoms. The van der Waals surface area contributed by atoms with E-state index in [9.17, 15) is 0 Å². The van der Waals surface area contributed by atoms with Crippen molar-refractivity contribution < 1.29 is 0 Å². The second-order valence-corrected chi connectivity index (χ2v) is 4.57. The third-order valence-corrected chi connectivity index (χ3v) is 3.42. The number of rotatable bonds is 4. The molecule has 0 saturated heterocycles. The molecule has 1 N–H and O–H groups in total. The number of aromatic nitrogens is 1. The maximum atomic E-state index is 4.06. The van der Waals surface area contributed by atoms with Gasteiger partial charge >= 0.3 is 0 Å². The zero-order valence-electron chi connectivity index (χ0n) is 8.73. The molecule has 2 rings (SSSR count). The summed E-state index contributed by atoms with van der Waals surface area (Å²) in [4.78, 5) is 6.87. The first-order valence-electron chi connectivity index (χ1n) is 5.10. The summed E-state index contributed by atoms with van der Waals surface area (Å²) in [5.41, 5.74) is 1.07. The molecule has 0 aliphatic heterocycles. The lowest BCUT2D eigenvalue weighted by molar-refractivity contribution is 1.17. The normalized spacial score (nSPS) is 10.2. The van der Waals surface area contributed by atoms with Gasteiger partial charge in [0.25, 0.3) is 0 Å². The Bertz CT molecular complexity index is 409. The number of nitrogens with one attached hydrogen (secondary N) is 1. The predicted molar refractivity (Wildman–Crippen MR) is 65.3 cm³/mol. The highest BCUT2D eigenvalue weighted by Gasteiger charge is 1.98. The van der Waals surface area contributed by atoms with Gasteiger partial charge in [0.15, 0.2) is 0 Å². The van der Waals surface area contributed by atoms with Crippen molar-refractivity contribution in [3.63, 3.8) is 0 Å². The lowest BCUT2D eigenvalue weighted by Gasteiger charge is -2.02. The molecular formula is C12H14N2S. The second-order valence-electron chi connectivity index (χ2n) is 3.32. The van der Waals surface area contributed by atoms with Gasteiger partial charge in [0, 0.05) is 28.7 Å². The average Bonchev–Trinajstić information content (AvgIpc) is 2.76. The predicted octanol–water partition coefficient (Wildman–Crippen LogP) is 3.32. The molecule has 0 radical (unpaired) electrons. The monoisotopic (exact) mass is 218 g/mol. The molecule has 0 amide bonds. The molecule has 3 heteroatoms. The quantitative estimate of drug-likeness (QED) is 0.851. The summed E-state index contributed by atoms with van der Waals surface area (Å²) in [5.74, 6) is 0. The minimum Gasteiger partial charge on any atom is -0.379 e. The highest BCUT2D eigenvalue weighted by atomic mass is 32.1. The fraction of sp³-hybridized carbons (Fsp3) is 0.250. The van der Waals surface area contributed by atoms with Crippen LogP contribution in [0.3, 0.4) is 0 Å². The van der Waals surface area contributed by atoms with E-state index < -0.39 is 0 Å². The van der Waals surface area contributed by atoms with Crippen LogP contribution in [0.25, 0.3) is 0 Å². The SMILES string of the molecule is CCc1ccc(CNc2cccnc2)s1. The van der Waals surface area contributed by atoms with Crippen LogP contribution in [-0.2, 0) is 13.0 Å². The van der Waals surface area contributed by atoms with Gasteiger partial charge in [-0.1, -0.05) is 6.92 Å². The molecule has 0 aliphatic rings. The van der Waals surface area contributed by atoms with Crippen LogP contribution in [0.15, 0.2) is 36.7 Å². The molecule has 0 saturated carbocycles. The minimum atomic E-state index is 0.885. The van der Waals surface area contributed by atoms with E-state index in [4.69, 9.17) is 0 Å². The van der Waals surface area contributed by atoms with E-state index in [1.807, 2.05) is 29.7 Å². The molecule has 0 fully saturated rings. The molecule has 0 atom stereocenters. The zero-order valence-corrected chi connectivity index (χ0v) is 9.55. The smallest absolute Gasteiger partial charge is 0.0529 e. The van der Waals surface area contributed by atoms with Crippen molar-refractivity contribution in [2.24, 2.45) is 0 Å². The first kappa shape index (κ1) is 10.2. The molecule has 2 aromatic heterocycles.